The Morgan fingerprint density at radius 2 is 1.83 bits per heavy atom. The van der Waals surface area contributed by atoms with Crippen LogP contribution in [0.1, 0.15) is 45.4 Å². The lowest BCUT2D eigenvalue weighted by Crippen LogP contribution is -2.37. The molecule has 1 aliphatic heterocycles. The minimum absolute atomic E-state index is 0.472. The molecule has 1 saturated heterocycles. The van der Waals surface area contributed by atoms with Crippen molar-refractivity contribution in [1.29, 1.82) is 0 Å². The van der Waals surface area contributed by atoms with Crippen LogP contribution in [0.4, 0.5) is 0 Å². The molecule has 104 valence electrons. The van der Waals surface area contributed by atoms with Gasteiger partial charge < -0.3 is 15.0 Å². The topological polar surface area (TPSA) is 24.5 Å². The summed E-state index contributed by atoms with van der Waals surface area (Å²) < 4.78 is 6.16. The van der Waals surface area contributed by atoms with Crippen LogP contribution in [0.2, 0.25) is 0 Å². The van der Waals surface area contributed by atoms with Gasteiger partial charge in [0.05, 0.1) is 12.2 Å². The van der Waals surface area contributed by atoms with Gasteiger partial charge in [-0.05, 0) is 58.4 Å². The van der Waals surface area contributed by atoms with Gasteiger partial charge in [-0.3, -0.25) is 0 Å². The molecule has 3 unspecified atom stereocenters. The van der Waals surface area contributed by atoms with Gasteiger partial charge in [0.2, 0.25) is 0 Å². The maximum atomic E-state index is 6.16. The molecule has 0 spiro atoms. The number of rotatable bonds is 7. The fourth-order valence-electron chi connectivity index (χ4n) is 3.08. The van der Waals surface area contributed by atoms with Crippen molar-refractivity contribution in [3.05, 3.63) is 0 Å². The smallest absolute Gasteiger partial charge is 0.0707 e. The second kappa shape index (κ2) is 5.48. The van der Waals surface area contributed by atoms with E-state index < -0.39 is 0 Å². The first kappa shape index (κ1) is 12.9. The van der Waals surface area contributed by atoms with Crippen LogP contribution in [-0.2, 0) is 4.74 Å². The molecule has 0 amide bonds. The van der Waals surface area contributed by atoms with Gasteiger partial charge in [0.1, 0.15) is 0 Å². The highest BCUT2D eigenvalue weighted by Gasteiger charge is 2.33. The van der Waals surface area contributed by atoms with E-state index in [0.29, 0.717) is 12.2 Å². The predicted molar refractivity (Wildman–Crippen MR) is 73.7 cm³/mol. The van der Waals surface area contributed by atoms with E-state index in [-0.39, 0.29) is 0 Å². The quantitative estimate of drug-likeness (QED) is 0.750. The summed E-state index contributed by atoms with van der Waals surface area (Å²) in [6, 6.07) is 1.56. The van der Waals surface area contributed by atoms with Crippen molar-refractivity contribution < 1.29 is 4.74 Å². The van der Waals surface area contributed by atoms with Crippen LogP contribution in [-0.4, -0.2) is 49.3 Å². The minimum Gasteiger partial charge on any atom is -0.372 e. The summed E-state index contributed by atoms with van der Waals surface area (Å²) in [5, 5.41) is 3.58. The molecular formula is C15H28N2O. The minimum atomic E-state index is 0.472. The lowest BCUT2D eigenvalue weighted by atomic mass is 10.1. The third-order valence-electron chi connectivity index (χ3n) is 4.90. The van der Waals surface area contributed by atoms with Crippen LogP contribution in [0, 0.1) is 5.92 Å². The van der Waals surface area contributed by atoms with Crippen molar-refractivity contribution in [2.75, 3.05) is 20.1 Å². The zero-order valence-electron chi connectivity index (χ0n) is 11.9. The molecule has 3 heteroatoms. The average Bonchev–Trinajstić information content (AvgIpc) is 3.26. The van der Waals surface area contributed by atoms with Crippen LogP contribution in [0.3, 0.4) is 0 Å². The Labute approximate surface area is 111 Å². The Hall–Kier alpha value is -0.120. The molecule has 0 bridgehead atoms. The first-order chi connectivity index (χ1) is 8.72. The number of nitrogens with zero attached hydrogens (tertiary/aromatic N) is 1. The Morgan fingerprint density at radius 1 is 1.11 bits per heavy atom. The number of hydrogen-bond acceptors (Lipinski definition) is 3. The van der Waals surface area contributed by atoms with Gasteiger partial charge in [0, 0.05) is 25.2 Å². The normalized spacial score (nSPS) is 34.2. The molecule has 2 saturated carbocycles. The van der Waals surface area contributed by atoms with Gasteiger partial charge in [-0.1, -0.05) is 0 Å². The fourth-order valence-corrected chi connectivity index (χ4v) is 3.08. The largest absolute Gasteiger partial charge is 0.372 e. The number of ether oxygens (including phenoxy) is 1. The van der Waals surface area contributed by atoms with Gasteiger partial charge in [0.25, 0.3) is 0 Å². The number of hydrogen-bond donors (Lipinski definition) is 1. The Balaban J connectivity index is 1.35. The Kier molecular flexibility index (Phi) is 3.92. The highest BCUT2D eigenvalue weighted by Crippen LogP contribution is 2.35. The highest BCUT2D eigenvalue weighted by atomic mass is 16.5. The third-order valence-corrected chi connectivity index (χ3v) is 4.90. The molecule has 1 heterocycles. The van der Waals surface area contributed by atoms with E-state index in [1.165, 1.54) is 38.5 Å². The maximum absolute atomic E-state index is 6.16. The number of nitrogens with one attached hydrogen (secondary N) is 1. The first-order valence-corrected chi connectivity index (χ1v) is 7.81. The standard InChI is InChI=1S/C15H28N2O/c1-11(12-3-4-12)17(2)10-15-8-7-14(18-15)9-16-13-5-6-13/h11-16H,3-10H2,1-2H3. The molecule has 18 heavy (non-hydrogen) atoms. The fraction of sp³-hybridized carbons (Fsp3) is 1.00. The van der Waals surface area contributed by atoms with Crippen molar-refractivity contribution in [2.24, 2.45) is 5.92 Å². The molecule has 0 aromatic carbocycles. The number of likely N-dealkylation sites (N-methyl/N-ethyl adjacent to an activating group) is 1. The second-order valence-corrected chi connectivity index (χ2v) is 6.66. The lowest BCUT2D eigenvalue weighted by Gasteiger charge is -2.27. The van der Waals surface area contributed by atoms with E-state index in [4.69, 9.17) is 4.74 Å². The van der Waals surface area contributed by atoms with Gasteiger partial charge in [-0.2, -0.15) is 0 Å². The average molecular weight is 252 g/mol. The van der Waals surface area contributed by atoms with Gasteiger partial charge in [-0.15, -0.1) is 0 Å². The SMILES string of the molecule is CC(C1CC1)N(C)CC1CCC(CNC2CC2)O1. The summed E-state index contributed by atoms with van der Waals surface area (Å²) in [6.45, 7) is 4.57. The van der Waals surface area contributed by atoms with Crippen molar-refractivity contribution in [3.63, 3.8) is 0 Å². The summed E-state index contributed by atoms with van der Waals surface area (Å²) in [7, 11) is 2.27. The summed E-state index contributed by atoms with van der Waals surface area (Å²) in [4.78, 5) is 2.51. The molecule has 2 aliphatic carbocycles. The van der Waals surface area contributed by atoms with E-state index >= 15 is 0 Å². The maximum Gasteiger partial charge on any atom is 0.0707 e. The van der Waals surface area contributed by atoms with Crippen molar-refractivity contribution in [2.45, 2.75) is 69.7 Å². The van der Waals surface area contributed by atoms with E-state index in [1.807, 2.05) is 0 Å². The Bertz CT molecular complexity index is 276. The summed E-state index contributed by atoms with van der Waals surface area (Å²) >= 11 is 0. The van der Waals surface area contributed by atoms with E-state index in [2.05, 4.69) is 24.2 Å². The highest BCUT2D eigenvalue weighted by molar-refractivity contribution is 4.87. The molecule has 0 aromatic heterocycles. The van der Waals surface area contributed by atoms with Crippen LogP contribution < -0.4 is 5.32 Å². The van der Waals surface area contributed by atoms with Crippen molar-refractivity contribution in [3.8, 4) is 0 Å². The lowest BCUT2D eigenvalue weighted by molar-refractivity contribution is 0.0201. The van der Waals surface area contributed by atoms with Crippen LogP contribution >= 0.6 is 0 Å². The summed E-state index contributed by atoms with van der Waals surface area (Å²) in [5.41, 5.74) is 0. The summed E-state index contributed by atoms with van der Waals surface area (Å²) in [5.74, 6) is 0.962. The predicted octanol–water partition coefficient (Wildman–Crippen LogP) is 2.02. The molecule has 3 fully saturated rings. The molecule has 0 aromatic rings. The third kappa shape index (κ3) is 3.46. The van der Waals surface area contributed by atoms with E-state index in [0.717, 1.165) is 31.1 Å². The second-order valence-electron chi connectivity index (χ2n) is 6.66. The van der Waals surface area contributed by atoms with Crippen LogP contribution in [0.15, 0.2) is 0 Å². The van der Waals surface area contributed by atoms with Gasteiger partial charge >= 0.3 is 0 Å². The molecule has 3 nitrogen and oxygen atoms in total. The summed E-state index contributed by atoms with van der Waals surface area (Å²) in [6.07, 6.45) is 9.06. The Morgan fingerprint density at radius 3 is 2.50 bits per heavy atom. The molecular weight excluding hydrogens is 224 g/mol. The van der Waals surface area contributed by atoms with Gasteiger partial charge in [0.15, 0.2) is 0 Å². The van der Waals surface area contributed by atoms with Gasteiger partial charge in [-0.25, -0.2) is 0 Å². The molecule has 3 atom stereocenters. The van der Waals surface area contributed by atoms with Crippen molar-refractivity contribution >= 4 is 0 Å². The molecule has 1 N–H and O–H groups in total. The monoisotopic (exact) mass is 252 g/mol. The molecule has 3 aliphatic rings. The molecule has 0 radical (unpaired) electrons. The van der Waals surface area contributed by atoms with E-state index in [1.54, 1.807) is 0 Å². The zero-order valence-corrected chi connectivity index (χ0v) is 11.9. The van der Waals surface area contributed by atoms with E-state index in [9.17, 15) is 0 Å². The first-order valence-electron chi connectivity index (χ1n) is 7.81. The molecule has 3 rings (SSSR count). The zero-order chi connectivity index (χ0) is 12.5. The van der Waals surface area contributed by atoms with Crippen LogP contribution in [0.5, 0.6) is 0 Å². The van der Waals surface area contributed by atoms with Crippen molar-refractivity contribution in [1.82, 2.24) is 10.2 Å². The van der Waals surface area contributed by atoms with Crippen LogP contribution in [0.25, 0.3) is 0 Å².